The van der Waals surface area contributed by atoms with E-state index in [0.717, 1.165) is 42.4 Å². The number of carbonyl (C=O) groups is 1. The van der Waals surface area contributed by atoms with Crippen LogP contribution in [0, 0.1) is 35.0 Å². The lowest BCUT2D eigenvalue weighted by atomic mass is 9.51. The van der Waals surface area contributed by atoms with Crippen LogP contribution in [0.25, 0.3) is 0 Å². The molecule has 19 heavy (non-hydrogen) atoms. The van der Waals surface area contributed by atoms with Crippen LogP contribution in [0.3, 0.4) is 0 Å². The summed E-state index contributed by atoms with van der Waals surface area (Å²) < 4.78 is 0. The highest BCUT2D eigenvalue weighted by Crippen LogP contribution is 2.62. The van der Waals surface area contributed by atoms with E-state index in [1.54, 1.807) is 0 Å². The van der Waals surface area contributed by atoms with Gasteiger partial charge in [-0.1, -0.05) is 13.3 Å². The van der Waals surface area contributed by atoms with Gasteiger partial charge in [-0.15, -0.1) is 0 Å². The van der Waals surface area contributed by atoms with Gasteiger partial charge in [-0.3, -0.25) is 4.79 Å². The van der Waals surface area contributed by atoms with Gasteiger partial charge in [-0.05, 0) is 80.0 Å². The van der Waals surface area contributed by atoms with Gasteiger partial charge in [0.15, 0.2) is 0 Å². The van der Waals surface area contributed by atoms with E-state index in [9.17, 15) is 4.79 Å². The van der Waals surface area contributed by atoms with Crippen molar-refractivity contribution in [2.45, 2.75) is 71.1 Å². The van der Waals surface area contributed by atoms with Gasteiger partial charge in [0.2, 0.25) is 0 Å². The largest absolute Gasteiger partial charge is 0.300 e. The van der Waals surface area contributed by atoms with Gasteiger partial charge < -0.3 is 0 Å². The van der Waals surface area contributed by atoms with E-state index in [2.05, 4.69) is 6.92 Å². The van der Waals surface area contributed by atoms with E-state index >= 15 is 0 Å². The third-order valence-electron chi connectivity index (χ3n) is 7.55. The number of rotatable bonds is 0. The van der Waals surface area contributed by atoms with Crippen molar-refractivity contribution in [1.82, 2.24) is 0 Å². The van der Waals surface area contributed by atoms with Crippen molar-refractivity contribution < 1.29 is 4.79 Å². The Morgan fingerprint density at radius 3 is 2.74 bits per heavy atom. The second-order valence-electron chi connectivity index (χ2n) is 8.30. The number of ketones is 1. The number of fused-ring (bicyclic) bond motifs is 5. The summed E-state index contributed by atoms with van der Waals surface area (Å²) in [6.45, 7) is 2.58. The smallest absolute Gasteiger partial charge is 0.133 e. The zero-order valence-corrected chi connectivity index (χ0v) is 12.4. The summed E-state index contributed by atoms with van der Waals surface area (Å²) in [4.78, 5) is 11.7. The SMILES string of the molecule is C[C@@]12CCC[C@H]1[C@@H]1CC[C@@H]3CC(=O)CC[C@@H]3[C@H]1CC2. The molecule has 0 heterocycles. The molecule has 4 rings (SSSR count). The van der Waals surface area contributed by atoms with Crippen molar-refractivity contribution in [3.8, 4) is 0 Å². The van der Waals surface area contributed by atoms with Crippen LogP contribution in [0.15, 0.2) is 0 Å². The summed E-state index contributed by atoms with van der Waals surface area (Å²) in [5.74, 6) is 5.29. The van der Waals surface area contributed by atoms with E-state index in [4.69, 9.17) is 0 Å². The van der Waals surface area contributed by atoms with Crippen LogP contribution in [-0.4, -0.2) is 5.78 Å². The Balaban J connectivity index is 1.58. The minimum Gasteiger partial charge on any atom is -0.300 e. The van der Waals surface area contributed by atoms with Gasteiger partial charge >= 0.3 is 0 Å². The van der Waals surface area contributed by atoms with Crippen molar-refractivity contribution in [2.24, 2.45) is 35.0 Å². The van der Waals surface area contributed by atoms with Crippen molar-refractivity contribution >= 4 is 5.78 Å². The lowest BCUT2D eigenvalue weighted by Gasteiger charge is -2.54. The summed E-state index contributed by atoms with van der Waals surface area (Å²) >= 11 is 0. The van der Waals surface area contributed by atoms with Crippen LogP contribution in [0.4, 0.5) is 0 Å². The van der Waals surface area contributed by atoms with Gasteiger partial charge in [-0.2, -0.15) is 0 Å². The number of hydrogen-bond donors (Lipinski definition) is 0. The van der Waals surface area contributed by atoms with Crippen LogP contribution >= 0.6 is 0 Å². The van der Waals surface area contributed by atoms with Crippen molar-refractivity contribution in [3.05, 3.63) is 0 Å². The molecule has 0 N–H and O–H groups in total. The first-order chi connectivity index (χ1) is 9.17. The minimum absolute atomic E-state index is 0.557. The molecule has 0 aromatic heterocycles. The van der Waals surface area contributed by atoms with Crippen LogP contribution < -0.4 is 0 Å². The molecule has 0 amide bonds. The summed E-state index contributed by atoms with van der Waals surface area (Å²) in [6.07, 6.45) is 13.3. The van der Waals surface area contributed by atoms with Crippen LogP contribution in [0.1, 0.15) is 71.1 Å². The molecule has 0 radical (unpaired) electrons. The summed E-state index contributed by atoms with van der Waals surface area (Å²) in [6, 6.07) is 0. The maximum atomic E-state index is 11.7. The third-order valence-corrected chi connectivity index (χ3v) is 7.55. The quantitative estimate of drug-likeness (QED) is 0.622. The van der Waals surface area contributed by atoms with Gasteiger partial charge in [0.05, 0.1) is 0 Å². The molecule has 0 aromatic rings. The lowest BCUT2D eigenvalue weighted by Crippen LogP contribution is -2.47. The van der Waals surface area contributed by atoms with E-state index in [0.29, 0.717) is 11.2 Å². The molecular formula is C18H28O. The molecule has 4 aliphatic carbocycles. The molecule has 1 heteroatoms. The Bertz CT molecular complexity index is 387. The highest BCUT2D eigenvalue weighted by atomic mass is 16.1. The molecule has 0 spiro atoms. The normalized spacial score (nSPS) is 53.3. The van der Waals surface area contributed by atoms with E-state index in [1.807, 2.05) is 0 Å². The molecule has 0 aromatic carbocycles. The fourth-order valence-corrected chi connectivity index (χ4v) is 6.65. The highest BCUT2D eigenvalue weighted by Gasteiger charge is 2.53. The average Bonchev–Trinajstić information content (AvgIpc) is 2.79. The van der Waals surface area contributed by atoms with E-state index in [1.165, 1.54) is 51.4 Å². The molecule has 0 unspecified atom stereocenters. The van der Waals surface area contributed by atoms with E-state index in [-0.39, 0.29) is 0 Å². The standard InChI is InChI=1S/C18H28O/c1-18-9-2-3-17(18)16-6-4-12-11-13(19)5-7-14(12)15(16)8-10-18/h12,14-17H,2-11H2,1H3/t12-,14+,15-,16-,17+,18+/m1/s1. The summed E-state index contributed by atoms with van der Waals surface area (Å²) in [5, 5.41) is 0. The summed E-state index contributed by atoms with van der Waals surface area (Å²) in [5.41, 5.74) is 0.693. The second kappa shape index (κ2) is 4.33. The number of Topliss-reactive ketones (excluding diaryl/α,β-unsaturated/α-hetero) is 1. The van der Waals surface area contributed by atoms with E-state index < -0.39 is 0 Å². The molecule has 4 saturated carbocycles. The Morgan fingerprint density at radius 2 is 1.84 bits per heavy atom. The van der Waals surface area contributed by atoms with Crippen molar-refractivity contribution in [2.75, 3.05) is 0 Å². The molecule has 106 valence electrons. The lowest BCUT2D eigenvalue weighted by molar-refractivity contribution is -0.127. The monoisotopic (exact) mass is 260 g/mol. The van der Waals surface area contributed by atoms with Crippen LogP contribution in [-0.2, 0) is 4.79 Å². The van der Waals surface area contributed by atoms with Gasteiger partial charge in [0.25, 0.3) is 0 Å². The van der Waals surface area contributed by atoms with Gasteiger partial charge in [0, 0.05) is 12.8 Å². The maximum absolute atomic E-state index is 11.7. The Kier molecular flexibility index (Phi) is 2.83. The number of hydrogen-bond acceptors (Lipinski definition) is 1. The third kappa shape index (κ3) is 1.83. The zero-order chi connectivity index (χ0) is 13.0. The Hall–Kier alpha value is -0.330. The Morgan fingerprint density at radius 1 is 0.947 bits per heavy atom. The second-order valence-corrected chi connectivity index (χ2v) is 8.30. The first-order valence-corrected chi connectivity index (χ1v) is 8.69. The van der Waals surface area contributed by atoms with Crippen LogP contribution in [0.2, 0.25) is 0 Å². The topological polar surface area (TPSA) is 17.1 Å². The average molecular weight is 260 g/mol. The molecular weight excluding hydrogens is 232 g/mol. The predicted octanol–water partition coefficient (Wildman–Crippen LogP) is 4.60. The van der Waals surface area contributed by atoms with Crippen LogP contribution in [0.5, 0.6) is 0 Å². The first kappa shape index (κ1) is 12.4. The number of carbonyl (C=O) groups excluding carboxylic acids is 1. The van der Waals surface area contributed by atoms with Gasteiger partial charge in [0.1, 0.15) is 5.78 Å². The zero-order valence-electron chi connectivity index (χ0n) is 12.4. The predicted molar refractivity (Wildman–Crippen MR) is 76.7 cm³/mol. The summed E-state index contributed by atoms with van der Waals surface area (Å²) in [7, 11) is 0. The molecule has 0 saturated heterocycles. The molecule has 6 atom stereocenters. The fraction of sp³-hybridized carbons (Fsp3) is 0.944. The minimum atomic E-state index is 0.557. The maximum Gasteiger partial charge on any atom is 0.133 e. The molecule has 4 aliphatic rings. The molecule has 0 aliphatic heterocycles. The first-order valence-electron chi connectivity index (χ1n) is 8.69. The van der Waals surface area contributed by atoms with Crippen molar-refractivity contribution in [1.29, 1.82) is 0 Å². The highest BCUT2D eigenvalue weighted by molar-refractivity contribution is 5.79. The fourth-order valence-electron chi connectivity index (χ4n) is 6.65. The van der Waals surface area contributed by atoms with Crippen molar-refractivity contribution in [3.63, 3.8) is 0 Å². The Labute approximate surface area is 117 Å². The molecule has 1 nitrogen and oxygen atoms in total. The molecule has 0 bridgehead atoms. The van der Waals surface area contributed by atoms with Gasteiger partial charge in [-0.25, -0.2) is 0 Å². The molecule has 4 fully saturated rings.